The normalized spacial score (nSPS) is 11.3. The average molecular weight is 459 g/mol. The van der Waals surface area contributed by atoms with Gasteiger partial charge in [0.1, 0.15) is 17.6 Å². The smallest absolute Gasteiger partial charge is 0.280 e. The number of carbonyl (C=O) groups excluding carboxylic acids is 1. The van der Waals surface area contributed by atoms with E-state index in [1.54, 1.807) is 28.9 Å². The number of anilines is 1. The Morgan fingerprint density at radius 1 is 1.09 bits per heavy atom. The van der Waals surface area contributed by atoms with Crippen LogP contribution in [0.2, 0.25) is 0 Å². The van der Waals surface area contributed by atoms with Crippen molar-refractivity contribution >= 4 is 17.5 Å². The number of fused-ring (bicyclic) bond motifs is 1. The molecule has 3 aromatic heterocycles. The monoisotopic (exact) mass is 459 g/mol. The number of hydrogen-bond donors (Lipinski definition) is 1. The van der Waals surface area contributed by atoms with Gasteiger partial charge < -0.3 is 0 Å². The summed E-state index contributed by atoms with van der Waals surface area (Å²) >= 11 is 0. The summed E-state index contributed by atoms with van der Waals surface area (Å²) in [6, 6.07) is 18.2. The first-order chi connectivity index (χ1) is 16.5. The van der Waals surface area contributed by atoms with Crippen molar-refractivity contribution < 1.29 is 13.6 Å². The second-order valence-corrected chi connectivity index (χ2v) is 7.73. The minimum atomic E-state index is -2.80. The molecule has 0 bridgehead atoms. The zero-order chi connectivity index (χ0) is 23.7. The van der Waals surface area contributed by atoms with Gasteiger partial charge in [0.05, 0.1) is 18.4 Å². The lowest BCUT2D eigenvalue weighted by Crippen LogP contribution is -2.14. The Hall–Kier alpha value is -4.47. The van der Waals surface area contributed by atoms with Crippen molar-refractivity contribution in [1.82, 2.24) is 29.4 Å². The highest BCUT2D eigenvalue weighted by Crippen LogP contribution is 2.26. The van der Waals surface area contributed by atoms with E-state index in [0.29, 0.717) is 17.8 Å². The number of hydrogen-bond acceptors (Lipinski definition) is 5. The number of halogens is 2. The molecular weight excluding hydrogens is 440 g/mol. The zero-order valence-electron chi connectivity index (χ0n) is 18.1. The molecule has 0 radical (unpaired) electrons. The molecule has 0 aliphatic heterocycles. The number of aromatic nitrogens is 6. The lowest BCUT2D eigenvalue weighted by Gasteiger charge is -2.08. The Morgan fingerprint density at radius 2 is 1.85 bits per heavy atom. The molecule has 0 saturated heterocycles. The van der Waals surface area contributed by atoms with Crippen LogP contribution >= 0.6 is 0 Å². The maximum atomic E-state index is 13.7. The van der Waals surface area contributed by atoms with E-state index in [1.165, 1.54) is 18.6 Å². The summed E-state index contributed by atoms with van der Waals surface area (Å²) < 4.78 is 30.1. The van der Waals surface area contributed by atoms with Crippen molar-refractivity contribution in [2.24, 2.45) is 0 Å². The van der Waals surface area contributed by atoms with Gasteiger partial charge in [0, 0.05) is 5.56 Å². The van der Waals surface area contributed by atoms with Gasteiger partial charge in [-0.2, -0.15) is 5.10 Å². The molecule has 0 atom stereocenters. The summed E-state index contributed by atoms with van der Waals surface area (Å²) in [5.74, 6) is -0.509. The Kier molecular flexibility index (Phi) is 5.54. The molecule has 1 amide bonds. The topological polar surface area (TPSA) is 90.0 Å². The van der Waals surface area contributed by atoms with Crippen molar-refractivity contribution in [3.05, 3.63) is 95.6 Å². The van der Waals surface area contributed by atoms with E-state index in [0.717, 1.165) is 15.6 Å². The fraction of sp³-hybridized carbons (Fsp3) is 0.125. The van der Waals surface area contributed by atoms with E-state index in [4.69, 9.17) is 0 Å². The van der Waals surface area contributed by atoms with E-state index < -0.39 is 12.3 Å². The van der Waals surface area contributed by atoms with Crippen LogP contribution in [0.4, 0.5) is 14.7 Å². The molecule has 1 N–H and O–H groups in total. The second kappa shape index (κ2) is 8.81. The van der Waals surface area contributed by atoms with Crippen LogP contribution in [0.3, 0.4) is 0 Å². The minimum Gasteiger partial charge on any atom is -0.289 e. The van der Waals surface area contributed by atoms with E-state index in [2.05, 4.69) is 25.5 Å². The molecule has 34 heavy (non-hydrogen) atoms. The molecule has 0 aliphatic rings. The SMILES string of the molecule is Cc1ccc(Cn2cnc(NC(=O)c3cnn4c(C(F)F)cc(-c5ccccc5)nc34)n2)cc1. The van der Waals surface area contributed by atoms with E-state index in [9.17, 15) is 13.6 Å². The van der Waals surface area contributed by atoms with Crippen LogP contribution in [0.5, 0.6) is 0 Å². The Bertz CT molecular complexity index is 1460. The van der Waals surface area contributed by atoms with Gasteiger partial charge in [0.2, 0.25) is 5.95 Å². The molecule has 170 valence electrons. The Balaban J connectivity index is 1.43. The highest BCUT2D eigenvalue weighted by Gasteiger charge is 2.22. The zero-order valence-corrected chi connectivity index (χ0v) is 18.1. The molecule has 5 aromatic rings. The summed E-state index contributed by atoms with van der Waals surface area (Å²) in [5, 5.41) is 10.8. The lowest BCUT2D eigenvalue weighted by molar-refractivity contribution is 0.102. The van der Waals surface area contributed by atoms with Crippen molar-refractivity contribution in [3.63, 3.8) is 0 Å². The number of alkyl halides is 2. The van der Waals surface area contributed by atoms with Gasteiger partial charge in [0.25, 0.3) is 12.3 Å². The van der Waals surface area contributed by atoms with Crippen LogP contribution in [0.15, 0.2) is 73.2 Å². The molecule has 0 unspecified atom stereocenters. The number of nitrogens with one attached hydrogen (secondary N) is 1. The van der Waals surface area contributed by atoms with Crippen molar-refractivity contribution in [2.45, 2.75) is 19.9 Å². The first-order valence-corrected chi connectivity index (χ1v) is 10.5. The van der Waals surface area contributed by atoms with Gasteiger partial charge in [0.15, 0.2) is 5.65 Å². The largest absolute Gasteiger partial charge is 0.289 e. The van der Waals surface area contributed by atoms with Gasteiger partial charge in [-0.3, -0.25) is 10.1 Å². The Morgan fingerprint density at radius 3 is 2.59 bits per heavy atom. The molecule has 8 nitrogen and oxygen atoms in total. The standard InChI is InChI=1S/C24H19F2N7O/c1-15-7-9-16(10-8-15)13-32-14-27-24(31-32)30-23(34)18-12-28-33-20(21(25)26)11-19(29-22(18)33)17-5-3-2-4-6-17/h2-12,14,21H,13H2,1H3,(H,30,31,34). The van der Waals surface area contributed by atoms with Crippen LogP contribution in [0.25, 0.3) is 16.9 Å². The number of benzene rings is 2. The number of rotatable bonds is 6. The number of amides is 1. The molecule has 0 spiro atoms. The highest BCUT2D eigenvalue weighted by atomic mass is 19.3. The number of nitrogens with zero attached hydrogens (tertiary/aromatic N) is 6. The molecule has 0 fully saturated rings. The van der Waals surface area contributed by atoms with Gasteiger partial charge in [-0.05, 0) is 18.6 Å². The first-order valence-electron chi connectivity index (χ1n) is 10.5. The van der Waals surface area contributed by atoms with Gasteiger partial charge in [-0.1, -0.05) is 60.2 Å². The average Bonchev–Trinajstić information content (AvgIpc) is 3.47. The summed E-state index contributed by atoms with van der Waals surface area (Å²) in [6.07, 6.45) is -0.0867. The van der Waals surface area contributed by atoms with Crippen molar-refractivity contribution in [2.75, 3.05) is 5.32 Å². The minimum absolute atomic E-state index is 0.0215. The Labute approximate surface area is 192 Å². The van der Waals surface area contributed by atoms with E-state index in [1.807, 2.05) is 37.3 Å². The van der Waals surface area contributed by atoms with E-state index in [-0.39, 0.29) is 22.9 Å². The van der Waals surface area contributed by atoms with Crippen LogP contribution in [-0.2, 0) is 6.54 Å². The van der Waals surface area contributed by atoms with Gasteiger partial charge in [-0.15, -0.1) is 5.10 Å². The summed E-state index contributed by atoms with van der Waals surface area (Å²) in [4.78, 5) is 21.5. The number of carbonyl (C=O) groups is 1. The summed E-state index contributed by atoms with van der Waals surface area (Å²) in [7, 11) is 0. The second-order valence-electron chi connectivity index (χ2n) is 7.73. The quantitative estimate of drug-likeness (QED) is 0.403. The predicted octanol–water partition coefficient (Wildman–Crippen LogP) is 4.53. The van der Waals surface area contributed by atoms with Crippen molar-refractivity contribution in [1.29, 1.82) is 0 Å². The maximum Gasteiger partial charge on any atom is 0.280 e. The van der Waals surface area contributed by atoms with Crippen LogP contribution < -0.4 is 5.32 Å². The predicted molar refractivity (Wildman–Crippen MR) is 122 cm³/mol. The number of aryl methyl sites for hydroxylation is 1. The molecule has 10 heteroatoms. The molecule has 3 heterocycles. The third kappa shape index (κ3) is 4.25. The molecular formula is C24H19F2N7O. The molecule has 2 aromatic carbocycles. The molecule has 0 aliphatic carbocycles. The van der Waals surface area contributed by atoms with Crippen LogP contribution in [-0.4, -0.2) is 35.3 Å². The maximum absolute atomic E-state index is 13.7. The molecule has 0 saturated carbocycles. The van der Waals surface area contributed by atoms with Gasteiger partial charge >= 0.3 is 0 Å². The summed E-state index contributed by atoms with van der Waals surface area (Å²) in [6.45, 7) is 2.49. The third-order valence-electron chi connectivity index (χ3n) is 5.26. The lowest BCUT2D eigenvalue weighted by atomic mass is 10.1. The van der Waals surface area contributed by atoms with E-state index >= 15 is 0 Å². The molecule has 5 rings (SSSR count). The third-order valence-corrected chi connectivity index (χ3v) is 5.26. The fourth-order valence-corrected chi connectivity index (χ4v) is 3.54. The van der Waals surface area contributed by atoms with Crippen molar-refractivity contribution in [3.8, 4) is 11.3 Å². The van der Waals surface area contributed by atoms with Crippen LogP contribution in [0, 0.1) is 6.92 Å². The van der Waals surface area contributed by atoms with Gasteiger partial charge in [-0.25, -0.2) is 27.9 Å². The van der Waals surface area contributed by atoms with Crippen LogP contribution in [0.1, 0.15) is 33.6 Å². The fourth-order valence-electron chi connectivity index (χ4n) is 3.54. The summed E-state index contributed by atoms with van der Waals surface area (Å²) in [5.41, 5.74) is 2.86. The first kappa shape index (κ1) is 21.4. The highest BCUT2D eigenvalue weighted by molar-refractivity contribution is 6.07.